The maximum atomic E-state index is 12.0. The average Bonchev–Trinajstić information content (AvgIpc) is 2.81. The first-order chi connectivity index (χ1) is 15.8. The van der Waals surface area contributed by atoms with Crippen molar-refractivity contribution >= 4 is 18.2 Å². The number of carbonyl (C=O) groups is 3. The van der Waals surface area contributed by atoms with E-state index in [9.17, 15) is 14.4 Å². The second kappa shape index (κ2) is 17.2. The molecule has 4 unspecified atom stereocenters. The Morgan fingerprint density at radius 3 is 1.91 bits per heavy atom. The van der Waals surface area contributed by atoms with Gasteiger partial charge >= 0.3 is 11.9 Å². The number of hydrogen-bond donors (Lipinski definition) is 0. The first kappa shape index (κ1) is 28.7. The molecule has 0 bridgehead atoms. The summed E-state index contributed by atoms with van der Waals surface area (Å²) in [5.74, 6) is -0.658. The summed E-state index contributed by atoms with van der Waals surface area (Å²) in [7, 11) is 0. The third kappa shape index (κ3) is 14.5. The summed E-state index contributed by atoms with van der Waals surface area (Å²) in [6.45, 7) is 8.56. The molecule has 0 aliphatic heterocycles. The minimum Gasteiger partial charge on any atom is -0.463 e. The highest BCUT2D eigenvalue weighted by Crippen LogP contribution is 2.06. The van der Waals surface area contributed by atoms with Crippen LogP contribution in [-0.2, 0) is 33.3 Å². The topological polar surface area (TPSA) is 97.4 Å². The molecule has 0 spiro atoms. The van der Waals surface area contributed by atoms with Crippen molar-refractivity contribution in [3.63, 3.8) is 0 Å². The van der Waals surface area contributed by atoms with Crippen LogP contribution in [0.5, 0.6) is 0 Å². The summed E-state index contributed by atoms with van der Waals surface area (Å²) in [6.07, 6.45) is 2.00. The van der Waals surface area contributed by atoms with Crippen LogP contribution in [0, 0.1) is 0 Å². The fourth-order valence-corrected chi connectivity index (χ4v) is 2.68. The largest absolute Gasteiger partial charge is 0.463 e. The molecule has 0 radical (unpaired) electrons. The van der Waals surface area contributed by atoms with Gasteiger partial charge < -0.3 is 28.5 Å². The molecular weight excluding hydrogens is 428 g/mol. The molecule has 0 fully saturated rings. The van der Waals surface area contributed by atoms with Gasteiger partial charge in [-0.05, 0) is 52.7 Å². The molecule has 0 aliphatic carbocycles. The van der Waals surface area contributed by atoms with Crippen LogP contribution in [-0.4, -0.2) is 69.1 Å². The second-order valence-corrected chi connectivity index (χ2v) is 8.11. The molecule has 0 heterocycles. The van der Waals surface area contributed by atoms with E-state index in [0.29, 0.717) is 44.5 Å². The third-order valence-electron chi connectivity index (χ3n) is 4.60. The number of unbranched alkanes of at least 4 members (excludes halogenated alkanes) is 2. The summed E-state index contributed by atoms with van der Waals surface area (Å²) >= 11 is 0. The molecule has 186 valence electrons. The maximum Gasteiger partial charge on any atom is 0.338 e. The van der Waals surface area contributed by atoms with E-state index in [-0.39, 0.29) is 49.6 Å². The Labute approximate surface area is 196 Å². The van der Waals surface area contributed by atoms with Crippen molar-refractivity contribution in [2.45, 2.75) is 77.8 Å². The van der Waals surface area contributed by atoms with Gasteiger partial charge in [0.15, 0.2) is 0 Å². The highest BCUT2D eigenvalue weighted by Gasteiger charge is 2.15. The van der Waals surface area contributed by atoms with E-state index in [1.807, 2.05) is 26.8 Å². The number of benzene rings is 1. The quantitative estimate of drug-likeness (QED) is 0.183. The number of aldehydes is 1. The van der Waals surface area contributed by atoms with Gasteiger partial charge in [0.25, 0.3) is 0 Å². The number of hydrogen-bond acceptors (Lipinski definition) is 8. The van der Waals surface area contributed by atoms with Gasteiger partial charge in [-0.2, -0.15) is 0 Å². The number of esters is 2. The maximum absolute atomic E-state index is 12.0. The van der Waals surface area contributed by atoms with Crippen molar-refractivity contribution in [1.29, 1.82) is 0 Å². The van der Waals surface area contributed by atoms with Crippen molar-refractivity contribution in [2.75, 3.05) is 26.4 Å². The van der Waals surface area contributed by atoms with Crippen molar-refractivity contribution in [3.8, 4) is 0 Å². The van der Waals surface area contributed by atoms with Crippen LogP contribution in [0.25, 0.3) is 0 Å². The molecule has 1 aromatic rings. The highest BCUT2D eigenvalue weighted by molar-refractivity contribution is 5.89. The predicted molar refractivity (Wildman–Crippen MR) is 123 cm³/mol. The van der Waals surface area contributed by atoms with Gasteiger partial charge in [0, 0.05) is 12.8 Å². The molecule has 0 aromatic heterocycles. The Hall–Kier alpha value is -2.29. The molecule has 0 saturated carbocycles. The lowest BCUT2D eigenvalue weighted by Gasteiger charge is -2.21. The zero-order valence-electron chi connectivity index (χ0n) is 20.2. The Balaban J connectivity index is 2.11. The number of carbonyl (C=O) groups excluding carboxylic acids is 3. The minimum atomic E-state index is -0.380. The molecule has 8 heteroatoms. The first-order valence-corrected chi connectivity index (χ1v) is 11.5. The van der Waals surface area contributed by atoms with Crippen LogP contribution >= 0.6 is 0 Å². The van der Waals surface area contributed by atoms with Crippen molar-refractivity contribution in [3.05, 3.63) is 35.9 Å². The Morgan fingerprint density at radius 2 is 1.33 bits per heavy atom. The standard InChI is InChI=1S/C25H38O8/c1-19(15-30-21(3)17-32-24(27)13-9-6-10-14-26)29-16-20(2)31-18-22(4)33-25(28)23-11-7-5-8-12-23/h5,7-8,11-12,14,19-22H,6,9-10,13,15-18H2,1-4H3. The fraction of sp³-hybridized carbons (Fsp3) is 0.640. The molecule has 0 amide bonds. The van der Waals surface area contributed by atoms with E-state index in [1.54, 1.807) is 31.2 Å². The van der Waals surface area contributed by atoms with Crippen LogP contribution < -0.4 is 0 Å². The van der Waals surface area contributed by atoms with E-state index < -0.39 is 0 Å². The normalized spacial score (nSPS) is 14.7. The van der Waals surface area contributed by atoms with Crippen LogP contribution in [0.3, 0.4) is 0 Å². The SMILES string of the molecule is CC(COC(=O)CCCCC=O)OCC(C)OCC(C)OCC(C)OC(=O)c1ccccc1. The summed E-state index contributed by atoms with van der Waals surface area (Å²) in [4.78, 5) is 33.9. The molecule has 0 saturated heterocycles. The summed E-state index contributed by atoms with van der Waals surface area (Å²) < 4.78 is 27.7. The smallest absolute Gasteiger partial charge is 0.338 e. The van der Waals surface area contributed by atoms with E-state index in [2.05, 4.69) is 0 Å². The van der Waals surface area contributed by atoms with Crippen molar-refractivity contribution < 1.29 is 38.1 Å². The van der Waals surface area contributed by atoms with Crippen LogP contribution in [0.2, 0.25) is 0 Å². The number of ether oxygens (including phenoxy) is 5. The number of rotatable bonds is 18. The highest BCUT2D eigenvalue weighted by atomic mass is 16.6. The zero-order chi connectivity index (χ0) is 24.5. The molecular formula is C25H38O8. The van der Waals surface area contributed by atoms with Gasteiger partial charge in [-0.25, -0.2) is 4.79 Å². The Morgan fingerprint density at radius 1 is 0.788 bits per heavy atom. The lowest BCUT2D eigenvalue weighted by atomic mass is 10.2. The lowest BCUT2D eigenvalue weighted by molar-refractivity contribution is -0.149. The average molecular weight is 467 g/mol. The van der Waals surface area contributed by atoms with E-state index >= 15 is 0 Å². The van der Waals surface area contributed by atoms with Gasteiger partial charge in [0.05, 0.1) is 43.7 Å². The summed E-state index contributed by atoms with van der Waals surface area (Å²) in [5.41, 5.74) is 0.508. The Kier molecular flexibility index (Phi) is 15.0. The monoisotopic (exact) mass is 466 g/mol. The van der Waals surface area contributed by atoms with E-state index in [4.69, 9.17) is 23.7 Å². The molecule has 0 aliphatic rings. The van der Waals surface area contributed by atoms with Gasteiger partial charge in [-0.1, -0.05) is 18.2 Å². The second-order valence-electron chi connectivity index (χ2n) is 8.11. The first-order valence-electron chi connectivity index (χ1n) is 11.5. The predicted octanol–water partition coefficient (Wildman–Crippen LogP) is 3.75. The van der Waals surface area contributed by atoms with Crippen LogP contribution in [0.4, 0.5) is 0 Å². The van der Waals surface area contributed by atoms with Gasteiger partial charge in [-0.15, -0.1) is 0 Å². The summed E-state index contributed by atoms with van der Waals surface area (Å²) in [5, 5.41) is 0. The van der Waals surface area contributed by atoms with E-state index in [1.165, 1.54) is 0 Å². The van der Waals surface area contributed by atoms with Crippen LogP contribution in [0.1, 0.15) is 63.7 Å². The molecule has 1 rings (SSSR count). The summed E-state index contributed by atoms with van der Waals surface area (Å²) in [6, 6.07) is 8.83. The van der Waals surface area contributed by atoms with Crippen LogP contribution in [0.15, 0.2) is 30.3 Å². The minimum absolute atomic E-state index is 0.161. The fourth-order valence-electron chi connectivity index (χ4n) is 2.68. The molecule has 4 atom stereocenters. The zero-order valence-corrected chi connectivity index (χ0v) is 20.2. The van der Waals surface area contributed by atoms with Crippen molar-refractivity contribution in [1.82, 2.24) is 0 Å². The van der Waals surface area contributed by atoms with Gasteiger partial charge in [-0.3, -0.25) is 4.79 Å². The molecule has 1 aromatic carbocycles. The van der Waals surface area contributed by atoms with Gasteiger partial charge in [0.2, 0.25) is 0 Å². The van der Waals surface area contributed by atoms with E-state index in [0.717, 1.165) is 6.29 Å². The molecule has 8 nitrogen and oxygen atoms in total. The molecule has 0 N–H and O–H groups in total. The third-order valence-corrected chi connectivity index (χ3v) is 4.60. The van der Waals surface area contributed by atoms with Gasteiger partial charge in [0.1, 0.15) is 19.0 Å². The Bertz CT molecular complexity index is 678. The van der Waals surface area contributed by atoms with Crippen molar-refractivity contribution in [2.24, 2.45) is 0 Å². The molecule has 33 heavy (non-hydrogen) atoms. The lowest BCUT2D eigenvalue weighted by Crippen LogP contribution is -2.29.